The summed E-state index contributed by atoms with van der Waals surface area (Å²) >= 11 is 5.74. The number of carbonyl (C=O) groups excluding carboxylic acids is 1. The maximum Gasteiger partial charge on any atom is 0.238 e. The fourth-order valence-corrected chi connectivity index (χ4v) is 2.91. The van der Waals surface area contributed by atoms with Gasteiger partial charge in [0.15, 0.2) is 0 Å². The number of benzene rings is 2. The Hall–Kier alpha value is -1.95. The van der Waals surface area contributed by atoms with E-state index in [-0.39, 0.29) is 23.0 Å². The summed E-state index contributed by atoms with van der Waals surface area (Å²) in [4.78, 5) is 12.3. The molecule has 126 valence electrons. The predicted octanol–water partition coefficient (Wildman–Crippen LogP) is 3.01. The molecule has 3 N–H and O–H groups in total. The van der Waals surface area contributed by atoms with Crippen LogP contribution in [-0.2, 0) is 11.3 Å². The van der Waals surface area contributed by atoms with Crippen LogP contribution in [0.5, 0.6) is 0 Å². The van der Waals surface area contributed by atoms with E-state index in [9.17, 15) is 9.18 Å². The lowest BCUT2D eigenvalue weighted by Crippen LogP contribution is -2.42. The second kappa shape index (κ2) is 7.30. The van der Waals surface area contributed by atoms with Crippen molar-refractivity contribution in [3.05, 3.63) is 70.0 Å². The van der Waals surface area contributed by atoms with Gasteiger partial charge in [0.2, 0.25) is 5.91 Å². The molecule has 2 aromatic carbocycles. The highest BCUT2D eigenvalue weighted by Crippen LogP contribution is 2.22. The number of carbonyl (C=O) groups is 1. The van der Waals surface area contributed by atoms with Gasteiger partial charge >= 0.3 is 0 Å². The molecule has 1 saturated heterocycles. The highest BCUT2D eigenvalue weighted by atomic mass is 35.5. The Bertz CT molecular complexity index is 736. The average molecular weight is 348 g/mol. The number of hydrogen-bond acceptors (Lipinski definition) is 3. The second-order valence-electron chi connectivity index (χ2n) is 6.01. The Balaban J connectivity index is 1.54. The molecule has 2 atom stereocenters. The summed E-state index contributed by atoms with van der Waals surface area (Å²) in [7, 11) is 0. The molecule has 1 aliphatic heterocycles. The van der Waals surface area contributed by atoms with Gasteiger partial charge in [-0.05, 0) is 36.6 Å². The van der Waals surface area contributed by atoms with E-state index in [1.807, 2.05) is 6.92 Å². The van der Waals surface area contributed by atoms with Gasteiger partial charge in [-0.3, -0.25) is 4.79 Å². The van der Waals surface area contributed by atoms with Gasteiger partial charge in [-0.25, -0.2) is 15.2 Å². The van der Waals surface area contributed by atoms with Crippen molar-refractivity contribution < 1.29 is 9.18 Å². The third kappa shape index (κ3) is 3.93. The molecule has 4 nitrogen and oxygen atoms in total. The van der Waals surface area contributed by atoms with Crippen molar-refractivity contribution in [3.8, 4) is 0 Å². The normalized spacial score (nSPS) is 20.1. The Morgan fingerprint density at radius 1 is 1.25 bits per heavy atom. The molecule has 0 aromatic heterocycles. The number of rotatable bonds is 4. The van der Waals surface area contributed by atoms with Crippen LogP contribution in [0.1, 0.15) is 29.2 Å². The van der Waals surface area contributed by atoms with E-state index >= 15 is 0 Å². The van der Waals surface area contributed by atoms with Crippen LogP contribution in [0.25, 0.3) is 0 Å². The third-order valence-corrected chi connectivity index (χ3v) is 4.44. The quantitative estimate of drug-likeness (QED) is 0.797. The SMILES string of the molecule is Cc1ccc(C2CC(C(=O)NCc3ccc(F)c(Cl)c3)NN2)cc1. The Kier molecular flexibility index (Phi) is 5.14. The molecule has 1 aliphatic rings. The minimum absolute atomic E-state index is 0.0573. The molecule has 1 heterocycles. The summed E-state index contributed by atoms with van der Waals surface area (Å²) in [6, 6.07) is 12.5. The number of halogens is 2. The van der Waals surface area contributed by atoms with E-state index < -0.39 is 5.82 Å². The standard InChI is InChI=1S/C18H19ClFN3O/c1-11-2-5-13(6-3-11)16-9-17(23-22-16)18(24)21-10-12-4-7-15(20)14(19)8-12/h2-8,16-17,22-23H,9-10H2,1H3,(H,21,24). The summed E-state index contributed by atoms with van der Waals surface area (Å²) in [5, 5.41) is 2.90. The van der Waals surface area contributed by atoms with Crippen LogP contribution in [0, 0.1) is 12.7 Å². The summed E-state index contributed by atoms with van der Waals surface area (Å²) < 4.78 is 13.1. The number of aryl methyl sites for hydroxylation is 1. The van der Waals surface area contributed by atoms with E-state index in [2.05, 4.69) is 40.4 Å². The van der Waals surface area contributed by atoms with Gasteiger partial charge in [-0.15, -0.1) is 0 Å². The van der Waals surface area contributed by atoms with Crippen LogP contribution in [0.4, 0.5) is 4.39 Å². The van der Waals surface area contributed by atoms with Crippen molar-refractivity contribution in [3.63, 3.8) is 0 Å². The molecule has 6 heteroatoms. The number of hydrazine groups is 1. The lowest BCUT2D eigenvalue weighted by molar-refractivity contribution is -0.123. The lowest BCUT2D eigenvalue weighted by Gasteiger charge is -2.11. The fraction of sp³-hybridized carbons (Fsp3) is 0.278. The van der Waals surface area contributed by atoms with E-state index in [1.165, 1.54) is 17.7 Å². The smallest absolute Gasteiger partial charge is 0.238 e. The first kappa shape index (κ1) is 16.9. The minimum Gasteiger partial charge on any atom is -0.351 e. The Morgan fingerprint density at radius 3 is 2.71 bits per heavy atom. The third-order valence-electron chi connectivity index (χ3n) is 4.15. The van der Waals surface area contributed by atoms with Gasteiger partial charge in [0.25, 0.3) is 0 Å². The first-order chi connectivity index (χ1) is 11.5. The molecular formula is C18H19ClFN3O. The lowest BCUT2D eigenvalue weighted by atomic mass is 10.0. The van der Waals surface area contributed by atoms with Crippen LogP contribution >= 0.6 is 11.6 Å². The first-order valence-electron chi connectivity index (χ1n) is 7.82. The summed E-state index contributed by atoms with van der Waals surface area (Å²) in [6.45, 7) is 2.36. The highest BCUT2D eigenvalue weighted by molar-refractivity contribution is 6.30. The van der Waals surface area contributed by atoms with Gasteiger partial charge in [-0.1, -0.05) is 47.5 Å². The van der Waals surface area contributed by atoms with Crippen LogP contribution in [0.2, 0.25) is 5.02 Å². The van der Waals surface area contributed by atoms with Gasteiger partial charge in [-0.2, -0.15) is 0 Å². The van der Waals surface area contributed by atoms with Crippen molar-refractivity contribution in [1.29, 1.82) is 0 Å². The molecule has 0 aliphatic carbocycles. The molecule has 2 unspecified atom stereocenters. The summed E-state index contributed by atoms with van der Waals surface area (Å²) in [5.41, 5.74) is 9.30. The summed E-state index contributed by atoms with van der Waals surface area (Å²) in [6.07, 6.45) is 0.666. The number of hydrogen-bond donors (Lipinski definition) is 3. The summed E-state index contributed by atoms with van der Waals surface area (Å²) in [5.74, 6) is -0.563. The van der Waals surface area contributed by atoms with Crippen LogP contribution in [0.3, 0.4) is 0 Å². The van der Waals surface area contributed by atoms with Crippen molar-refractivity contribution in [2.75, 3.05) is 0 Å². The average Bonchev–Trinajstić information content (AvgIpc) is 3.06. The monoisotopic (exact) mass is 347 g/mol. The molecule has 2 aromatic rings. The van der Waals surface area contributed by atoms with Gasteiger partial charge in [0.1, 0.15) is 11.9 Å². The van der Waals surface area contributed by atoms with E-state index in [1.54, 1.807) is 6.07 Å². The second-order valence-corrected chi connectivity index (χ2v) is 6.41. The predicted molar refractivity (Wildman–Crippen MR) is 91.9 cm³/mol. The molecule has 1 fully saturated rings. The van der Waals surface area contributed by atoms with Gasteiger partial charge in [0, 0.05) is 12.6 Å². The number of amides is 1. The Morgan fingerprint density at radius 2 is 2.00 bits per heavy atom. The molecule has 24 heavy (non-hydrogen) atoms. The zero-order chi connectivity index (χ0) is 17.1. The first-order valence-corrected chi connectivity index (χ1v) is 8.20. The molecule has 0 bridgehead atoms. The zero-order valence-electron chi connectivity index (χ0n) is 13.3. The molecule has 0 spiro atoms. The maximum atomic E-state index is 13.1. The molecule has 0 radical (unpaired) electrons. The van der Waals surface area contributed by atoms with Gasteiger partial charge in [0.05, 0.1) is 5.02 Å². The van der Waals surface area contributed by atoms with Crippen molar-refractivity contribution in [2.24, 2.45) is 0 Å². The fourth-order valence-electron chi connectivity index (χ4n) is 2.71. The highest BCUT2D eigenvalue weighted by Gasteiger charge is 2.29. The minimum atomic E-state index is -0.464. The van der Waals surface area contributed by atoms with Crippen LogP contribution < -0.4 is 16.2 Å². The van der Waals surface area contributed by atoms with Crippen molar-refractivity contribution in [1.82, 2.24) is 16.2 Å². The van der Waals surface area contributed by atoms with E-state index in [4.69, 9.17) is 11.6 Å². The van der Waals surface area contributed by atoms with Crippen LogP contribution in [0.15, 0.2) is 42.5 Å². The van der Waals surface area contributed by atoms with E-state index in [0.717, 1.165) is 11.1 Å². The van der Waals surface area contributed by atoms with E-state index in [0.29, 0.717) is 13.0 Å². The zero-order valence-corrected chi connectivity index (χ0v) is 14.0. The van der Waals surface area contributed by atoms with Crippen LogP contribution in [-0.4, -0.2) is 11.9 Å². The maximum absolute atomic E-state index is 13.1. The van der Waals surface area contributed by atoms with Crippen molar-refractivity contribution in [2.45, 2.75) is 32.0 Å². The molecule has 3 rings (SSSR count). The van der Waals surface area contributed by atoms with Crippen molar-refractivity contribution >= 4 is 17.5 Å². The molecule has 0 saturated carbocycles. The number of nitrogens with one attached hydrogen (secondary N) is 3. The Labute approximate surface area is 145 Å². The molecular weight excluding hydrogens is 329 g/mol. The molecule has 1 amide bonds. The largest absolute Gasteiger partial charge is 0.351 e. The topological polar surface area (TPSA) is 53.2 Å². The van der Waals surface area contributed by atoms with Gasteiger partial charge < -0.3 is 5.32 Å².